The fourth-order valence-electron chi connectivity index (χ4n) is 1.20. The van der Waals surface area contributed by atoms with Gasteiger partial charge in [-0.3, -0.25) is 0 Å². The van der Waals surface area contributed by atoms with Crippen molar-refractivity contribution in [2.45, 2.75) is 19.6 Å². The molecule has 0 aromatic rings. The molecule has 1 rings (SSSR count). The average molecular weight is 259 g/mol. The van der Waals surface area contributed by atoms with Crippen LogP contribution in [0.25, 0.3) is 0 Å². The van der Waals surface area contributed by atoms with Crippen LogP contribution in [-0.4, -0.2) is 42.6 Å². The van der Waals surface area contributed by atoms with Gasteiger partial charge in [0.05, 0.1) is 13.7 Å². The summed E-state index contributed by atoms with van der Waals surface area (Å²) in [6, 6.07) is 0. The quantitative estimate of drug-likeness (QED) is 0.310. The van der Waals surface area contributed by atoms with Crippen LogP contribution < -0.4 is 5.32 Å². The number of rotatable bonds is 2. The van der Waals surface area contributed by atoms with E-state index in [2.05, 4.69) is 10.1 Å². The number of aliphatic hydroxyl groups excluding tert-OH is 1. The van der Waals surface area contributed by atoms with E-state index in [0.717, 1.165) is 7.11 Å². The molecule has 1 fully saturated rings. The molecule has 0 aliphatic carbocycles. The number of alkyl carbamates (subject to hydrolysis) is 1. The van der Waals surface area contributed by atoms with Crippen molar-refractivity contribution in [1.82, 2.24) is 5.32 Å². The number of esters is 2. The molecule has 0 spiro atoms. The fourth-order valence-corrected chi connectivity index (χ4v) is 1.20. The first-order valence-corrected chi connectivity index (χ1v) is 4.97. The van der Waals surface area contributed by atoms with Gasteiger partial charge in [0.2, 0.25) is 0 Å². The maximum Gasteiger partial charge on any atom is 0.407 e. The average Bonchev–Trinajstić information content (AvgIpc) is 2.22. The standard InChI is InChI=1S/C10H13NO7/c1-10(2)17-7(13)6(8(14)18-10)5(12)4-11-9(15)16-3/h12H,4H2,1-3H3,(H,11,15). The minimum Gasteiger partial charge on any atom is -0.509 e. The molecule has 8 heteroatoms. The van der Waals surface area contributed by atoms with Crippen LogP contribution in [0.1, 0.15) is 13.8 Å². The zero-order valence-corrected chi connectivity index (χ0v) is 10.1. The van der Waals surface area contributed by atoms with Crippen LogP contribution >= 0.6 is 0 Å². The third-order valence-corrected chi connectivity index (χ3v) is 1.96. The van der Waals surface area contributed by atoms with E-state index in [0.29, 0.717) is 0 Å². The Balaban J connectivity index is 2.83. The first-order chi connectivity index (χ1) is 8.26. The zero-order chi connectivity index (χ0) is 13.9. The molecule has 1 saturated heterocycles. The van der Waals surface area contributed by atoms with Gasteiger partial charge in [0.1, 0.15) is 5.76 Å². The lowest BCUT2D eigenvalue weighted by Gasteiger charge is -2.30. The molecule has 0 aromatic carbocycles. The molecule has 1 heterocycles. The maximum atomic E-state index is 11.5. The third-order valence-electron chi connectivity index (χ3n) is 1.96. The SMILES string of the molecule is COC(=O)NCC(O)=C1C(=O)OC(C)(C)OC1=O. The Morgan fingerprint density at radius 3 is 2.28 bits per heavy atom. The van der Waals surface area contributed by atoms with Gasteiger partial charge in [-0.1, -0.05) is 0 Å². The molecule has 0 bridgehead atoms. The number of carbonyl (C=O) groups excluding carboxylic acids is 3. The topological polar surface area (TPSA) is 111 Å². The lowest BCUT2D eigenvalue weighted by atomic mass is 10.2. The highest BCUT2D eigenvalue weighted by atomic mass is 16.7. The van der Waals surface area contributed by atoms with Crippen molar-refractivity contribution in [3.63, 3.8) is 0 Å². The molecule has 0 saturated carbocycles. The lowest BCUT2D eigenvalue weighted by Crippen LogP contribution is -2.43. The van der Waals surface area contributed by atoms with E-state index in [9.17, 15) is 19.5 Å². The summed E-state index contributed by atoms with van der Waals surface area (Å²) in [4.78, 5) is 33.7. The second-order valence-electron chi connectivity index (χ2n) is 3.85. The third kappa shape index (κ3) is 3.12. The van der Waals surface area contributed by atoms with Crippen molar-refractivity contribution in [3.05, 3.63) is 11.3 Å². The van der Waals surface area contributed by atoms with Crippen LogP contribution in [0.4, 0.5) is 4.79 Å². The summed E-state index contributed by atoms with van der Waals surface area (Å²) in [6.45, 7) is 2.30. The molecular formula is C10H13NO7. The van der Waals surface area contributed by atoms with Gasteiger partial charge in [0.25, 0.3) is 5.79 Å². The number of methoxy groups -OCH3 is 1. The van der Waals surface area contributed by atoms with Gasteiger partial charge >= 0.3 is 18.0 Å². The number of amides is 1. The molecule has 0 atom stereocenters. The number of carbonyl (C=O) groups is 3. The Labute approximate surface area is 102 Å². The Morgan fingerprint density at radius 2 is 1.83 bits per heavy atom. The highest BCUT2D eigenvalue weighted by molar-refractivity contribution is 6.15. The van der Waals surface area contributed by atoms with E-state index in [1.54, 1.807) is 0 Å². The lowest BCUT2D eigenvalue weighted by molar-refractivity contribution is -0.222. The summed E-state index contributed by atoms with van der Waals surface area (Å²) in [5.74, 6) is -4.07. The number of nitrogens with one attached hydrogen (secondary N) is 1. The number of hydrogen-bond acceptors (Lipinski definition) is 7. The molecule has 0 aromatic heterocycles. The van der Waals surface area contributed by atoms with Crippen LogP contribution in [-0.2, 0) is 23.8 Å². The predicted octanol–water partition coefficient (Wildman–Crippen LogP) is -0.00940. The smallest absolute Gasteiger partial charge is 0.407 e. The first kappa shape index (κ1) is 13.8. The van der Waals surface area contributed by atoms with Crippen LogP contribution in [0.2, 0.25) is 0 Å². The summed E-state index contributed by atoms with van der Waals surface area (Å²) in [6.07, 6.45) is -0.819. The van der Waals surface area contributed by atoms with E-state index in [1.807, 2.05) is 0 Å². The second-order valence-corrected chi connectivity index (χ2v) is 3.85. The predicted molar refractivity (Wildman–Crippen MR) is 56.3 cm³/mol. The van der Waals surface area contributed by atoms with Crippen molar-refractivity contribution in [2.24, 2.45) is 0 Å². The molecule has 1 aliphatic heterocycles. The zero-order valence-electron chi connectivity index (χ0n) is 10.1. The molecule has 18 heavy (non-hydrogen) atoms. The van der Waals surface area contributed by atoms with Crippen molar-refractivity contribution in [3.8, 4) is 0 Å². The van der Waals surface area contributed by atoms with E-state index in [1.165, 1.54) is 13.8 Å². The summed E-state index contributed by atoms with van der Waals surface area (Å²) < 4.78 is 13.8. The number of ether oxygens (including phenoxy) is 3. The van der Waals surface area contributed by atoms with Crippen LogP contribution in [0.15, 0.2) is 11.3 Å². The molecule has 100 valence electrons. The minimum atomic E-state index is -1.38. The fraction of sp³-hybridized carbons (Fsp3) is 0.500. The van der Waals surface area contributed by atoms with Crippen LogP contribution in [0, 0.1) is 0 Å². The summed E-state index contributed by atoms with van der Waals surface area (Å²) in [5.41, 5.74) is -0.647. The number of aliphatic hydroxyl groups is 1. The van der Waals surface area contributed by atoms with Gasteiger partial charge < -0.3 is 24.6 Å². The summed E-state index contributed by atoms with van der Waals surface area (Å²) >= 11 is 0. The van der Waals surface area contributed by atoms with E-state index in [-0.39, 0.29) is 0 Å². The van der Waals surface area contributed by atoms with Gasteiger partial charge in [0, 0.05) is 13.8 Å². The number of hydrogen-bond donors (Lipinski definition) is 2. The molecule has 1 amide bonds. The van der Waals surface area contributed by atoms with Crippen LogP contribution in [0.5, 0.6) is 0 Å². The molecule has 1 aliphatic rings. The van der Waals surface area contributed by atoms with Crippen molar-refractivity contribution in [1.29, 1.82) is 0 Å². The molecule has 2 N–H and O–H groups in total. The minimum absolute atomic E-state index is 0.452. The second kappa shape index (κ2) is 4.94. The van der Waals surface area contributed by atoms with Crippen molar-refractivity contribution in [2.75, 3.05) is 13.7 Å². The highest BCUT2D eigenvalue weighted by Crippen LogP contribution is 2.23. The van der Waals surface area contributed by atoms with Gasteiger partial charge in [0.15, 0.2) is 5.57 Å². The molecular weight excluding hydrogens is 246 g/mol. The van der Waals surface area contributed by atoms with E-state index < -0.39 is 41.7 Å². The van der Waals surface area contributed by atoms with Gasteiger partial charge in [-0.05, 0) is 0 Å². The van der Waals surface area contributed by atoms with Gasteiger partial charge in [-0.2, -0.15) is 0 Å². The van der Waals surface area contributed by atoms with Gasteiger partial charge in [-0.15, -0.1) is 0 Å². The monoisotopic (exact) mass is 259 g/mol. The first-order valence-electron chi connectivity index (χ1n) is 4.97. The molecule has 8 nitrogen and oxygen atoms in total. The molecule has 0 unspecified atom stereocenters. The summed E-state index contributed by atoms with van der Waals surface area (Å²) in [5, 5.41) is 11.6. The van der Waals surface area contributed by atoms with E-state index in [4.69, 9.17) is 9.47 Å². The van der Waals surface area contributed by atoms with Gasteiger partial charge in [-0.25, -0.2) is 14.4 Å². The Morgan fingerprint density at radius 1 is 1.33 bits per heavy atom. The largest absolute Gasteiger partial charge is 0.509 e. The molecule has 0 radical (unpaired) electrons. The normalized spacial score (nSPS) is 17.6. The Hall–Kier alpha value is -2.25. The Kier molecular flexibility index (Phi) is 3.79. The van der Waals surface area contributed by atoms with Crippen molar-refractivity contribution >= 4 is 18.0 Å². The highest BCUT2D eigenvalue weighted by Gasteiger charge is 2.41. The van der Waals surface area contributed by atoms with Crippen molar-refractivity contribution < 1.29 is 33.7 Å². The van der Waals surface area contributed by atoms with Crippen LogP contribution in [0.3, 0.4) is 0 Å². The maximum absolute atomic E-state index is 11.5. The van der Waals surface area contributed by atoms with E-state index >= 15 is 0 Å². The summed E-state index contributed by atoms with van der Waals surface area (Å²) in [7, 11) is 1.13. The Bertz CT molecular complexity index is 402. The number of cyclic esters (lactones) is 2.